The SMILES string of the molecule is CN(CCCNC(=O)c1cc([N+](=O)[O-])ccc1Cl)c1ccccc1. The molecule has 0 aromatic heterocycles. The van der Waals surface area contributed by atoms with Crippen LogP contribution < -0.4 is 10.2 Å². The van der Waals surface area contributed by atoms with Gasteiger partial charge in [0.1, 0.15) is 0 Å². The van der Waals surface area contributed by atoms with E-state index in [1.165, 1.54) is 18.2 Å². The Balaban J connectivity index is 1.85. The van der Waals surface area contributed by atoms with Crippen LogP contribution >= 0.6 is 11.6 Å². The van der Waals surface area contributed by atoms with E-state index in [1.807, 2.05) is 37.4 Å². The molecule has 0 aliphatic carbocycles. The first-order chi connectivity index (χ1) is 11.5. The number of benzene rings is 2. The summed E-state index contributed by atoms with van der Waals surface area (Å²) in [7, 11) is 1.98. The summed E-state index contributed by atoms with van der Waals surface area (Å²) in [5.74, 6) is -0.411. The monoisotopic (exact) mass is 347 g/mol. The lowest BCUT2D eigenvalue weighted by atomic mass is 10.2. The van der Waals surface area contributed by atoms with Gasteiger partial charge in [0.2, 0.25) is 0 Å². The second-order valence-electron chi connectivity index (χ2n) is 5.29. The number of carbonyl (C=O) groups excluding carboxylic acids is 1. The van der Waals surface area contributed by atoms with Crippen molar-refractivity contribution in [3.05, 3.63) is 69.2 Å². The Bertz CT molecular complexity index is 722. The van der Waals surface area contributed by atoms with E-state index >= 15 is 0 Å². The predicted octanol–water partition coefficient (Wildman–Crippen LogP) is 3.50. The lowest BCUT2D eigenvalue weighted by Gasteiger charge is -2.19. The highest BCUT2D eigenvalue weighted by molar-refractivity contribution is 6.33. The zero-order chi connectivity index (χ0) is 17.5. The van der Waals surface area contributed by atoms with Crippen molar-refractivity contribution in [2.45, 2.75) is 6.42 Å². The van der Waals surface area contributed by atoms with Crippen LogP contribution in [0.4, 0.5) is 11.4 Å². The normalized spacial score (nSPS) is 10.2. The minimum atomic E-state index is -0.554. The van der Waals surface area contributed by atoms with Crippen LogP contribution in [0.25, 0.3) is 0 Å². The molecule has 0 fully saturated rings. The minimum Gasteiger partial charge on any atom is -0.375 e. The van der Waals surface area contributed by atoms with Gasteiger partial charge in [-0.05, 0) is 24.6 Å². The molecule has 0 spiro atoms. The van der Waals surface area contributed by atoms with E-state index in [0.29, 0.717) is 6.54 Å². The number of nitrogens with zero attached hydrogens (tertiary/aromatic N) is 2. The zero-order valence-corrected chi connectivity index (χ0v) is 14.0. The van der Waals surface area contributed by atoms with Crippen LogP contribution in [-0.2, 0) is 0 Å². The number of anilines is 1. The van der Waals surface area contributed by atoms with Crippen molar-refractivity contribution < 1.29 is 9.72 Å². The number of nitrogens with one attached hydrogen (secondary N) is 1. The van der Waals surface area contributed by atoms with Crippen molar-refractivity contribution in [2.75, 3.05) is 25.0 Å². The molecule has 0 unspecified atom stereocenters. The van der Waals surface area contributed by atoms with Gasteiger partial charge in [-0.15, -0.1) is 0 Å². The first-order valence-electron chi connectivity index (χ1n) is 7.47. The van der Waals surface area contributed by atoms with Gasteiger partial charge in [0, 0.05) is 38.0 Å². The molecule has 0 aliphatic heterocycles. The van der Waals surface area contributed by atoms with Gasteiger partial charge in [0.05, 0.1) is 15.5 Å². The molecule has 0 saturated heterocycles. The molecule has 0 radical (unpaired) electrons. The molecule has 0 bridgehead atoms. The van der Waals surface area contributed by atoms with Crippen LogP contribution in [0.15, 0.2) is 48.5 Å². The van der Waals surface area contributed by atoms with Crippen molar-refractivity contribution in [3.63, 3.8) is 0 Å². The van der Waals surface area contributed by atoms with E-state index in [1.54, 1.807) is 0 Å². The van der Waals surface area contributed by atoms with Gasteiger partial charge in [-0.1, -0.05) is 29.8 Å². The Morgan fingerprint density at radius 2 is 1.96 bits per heavy atom. The molecule has 24 heavy (non-hydrogen) atoms. The second-order valence-corrected chi connectivity index (χ2v) is 5.70. The topological polar surface area (TPSA) is 75.5 Å². The molecule has 2 rings (SSSR count). The third-order valence-electron chi connectivity index (χ3n) is 3.56. The van der Waals surface area contributed by atoms with Crippen molar-refractivity contribution in [2.24, 2.45) is 0 Å². The fraction of sp³-hybridized carbons (Fsp3) is 0.235. The molecule has 1 amide bonds. The molecule has 0 aliphatic rings. The first-order valence-corrected chi connectivity index (χ1v) is 7.85. The summed E-state index contributed by atoms with van der Waals surface area (Å²) in [6.45, 7) is 1.22. The van der Waals surface area contributed by atoms with Crippen LogP contribution in [0, 0.1) is 10.1 Å². The second kappa shape index (κ2) is 8.31. The average Bonchev–Trinajstić information content (AvgIpc) is 2.59. The van der Waals surface area contributed by atoms with E-state index in [9.17, 15) is 14.9 Å². The molecule has 7 heteroatoms. The number of carbonyl (C=O) groups is 1. The van der Waals surface area contributed by atoms with E-state index in [2.05, 4.69) is 10.2 Å². The Hall–Kier alpha value is -2.60. The number of nitro groups is 1. The number of nitro benzene ring substituents is 1. The number of hydrogen-bond donors (Lipinski definition) is 1. The molecule has 2 aromatic rings. The number of rotatable bonds is 7. The average molecular weight is 348 g/mol. The number of hydrogen-bond acceptors (Lipinski definition) is 4. The summed E-state index contributed by atoms with van der Waals surface area (Å²) in [6, 6.07) is 13.7. The summed E-state index contributed by atoms with van der Waals surface area (Å²) in [5, 5.41) is 13.7. The molecule has 0 heterocycles. The Kier molecular flexibility index (Phi) is 6.14. The van der Waals surface area contributed by atoms with Gasteiger partial charge < -0.3 is 10.2 Å². The van der Waals surface area contributed by atoms with E-state index < -0.39 is 10.8 Å². The summed E-state index contributed by atoms with van der Waals surface area (Å²) in [5.41, 5.74) is 1.06. The Morgan fingerprint density at radius 3 is 2.62 bits per heavy atom. The van der Waals surface area contributed by atoms with Gasteiger partial charge in [0.15, 0.2) is 0 Å². The summed E-state index contributed by atoms with van der Waals surface area (Å²) >= 11 is 5.95. The maximum Gasteiger partial charge on any atom is 0.270 e. The van der Waals surface area contributed by atoms with Crippen LogP contribution in [0.1, 0.15) is 16.8 Å². The van der Waals surface area contributed by atoms with Crippen LogP contribution in [0.5, 0.6) is 0 Å². The van der Waals surface area contributed by atoms with E-state index in [4.69, 9.17) is 11.6 Å². The Morgan fingerprint density at radius 1 is 1.25 bits per heavy atom. The third-order valence-corrected chi connectivity index (χ3v) is 3.89. The summed E-state index contributed by atoms with van der Waals surface area (Å²) in [4.78, 5) is 24.4. The van der Waals surface area contributed by atoms with E-state index in [-0.39, 0.29) is 16.3 Å². The van der Waals surface area contributed by atoms with Crippen LogP contribution in [0.2, 0.25) is 5.02 Å². The summed E-state index contributed by atoms with van der Waals surface area (Å²) in [6.07, 6.45) is 0.740. The lowest BCUT2D eigenvalue weighted by Crippen LogP contribution is -2.28. The number of amides is 1. The molecule has 0 atom stereocenters. The molecule has 2 aromatic carbocycles. The third kappa shape index (κ3) is 4.70. The van der Waals surface area contributed by atoms with Crippen molar-refractivity contribution >= 4 is 28.9 Å². The molecule has 0 saturated carbocycles. The molecule has 1 N–H and O–H groups in total. The molecule has 6 nitrogen and oxygen atoms in total. The summed E-state index contributed by atoms with van der Waals surface area (Å²) < 4.78 is 0. The number of non-ortho nitro benzene ring substituents is 1. The fourth-order valence-electron chi connectivity index (χ4n) is 2.23. The van der Waals surface area contributed by atoms with Crippen molar-refractivity contribution in [1.82, 2.24) is 5.32 Å². The van der Waals surface area contributed by atoms with Gasteiger partial charge >= 0.3 is 0 Å². The highest BCUT2D eigenvalue weighted by Crippen LogP contribution is 2.21. The standard InChI is InChI=1S/C17H18ClN3O3/c1-20(13-6-3-2-4-7-13)11-5-10-19-17(22)15-12-14(21(23)24)8-9-16(15)18/h2-4,6-9,12H,5,10-11H2,1H3,(H,19,22). The molecule has 126 valence electrons. The lowest BCUT2D eigenvalue weighted by molar-refractivity contribution is -0.384. The Labute approximate surface area is 145 Å². The van der Waals surface area contributed by atoms with Gasteiger partial charge in [-0.25, -0.2) is 0 Å². The quantitative estimate of drug-likeness (QED) is 0.472. The van der Waals surface area contributed by atoms with Crippen LogP contribution in [0.3, 0.4) is 0 Å². The molecular formula is C17H18ClN3O3. The zero-order valence-electron chi connectivity index (χ0n) is 13.2. The number of para-hydroxylation sites is 1. The largest absolute Gasteiger partial charge is 0.375 e. The van der Waals surface area contributed by atoms with Crippen LogP contribution in [-0.4, -0.2) is 31.0 Å². The highest BCUT2D eigenvalue weighted by atomic mass is 35.5. The van der Waals surface area contributed by atoms with Gasteiger partial charge in [0.25, 0.3) is 11.6 Å². The molecular weight excluding hydrogens is 330 g/mol. The highest BCUT2D eigenvalue weighted by Gasteiger charge is 2.15. The first kappa shape index (κ1) is 17.7. The van der Waals surface area contributed by atoms with E-state index in [0.717, 1.165) is 18.7 Å². The van der Waals surface area contributed by atoms with Gasteiger partial charge in [-0.3, -0.25) is 14.9 Å². The maximum absolute atomic E-state index is 12.1. The number of halogens is 1. The minimum absolute atomic E-state index is 0.113. The van der Waals surface area contributed by atoms with Gasteiger partial charge in [-0.2, -0.15) is 0 Å². The van der Waals surface area contributed by atoms with Crippen molar-refractivity contribution in [1.29, 1.82) is 0 Å². The van der Waals surface area contributed by atoms with Crippen molar-refractivity contribution in [3.8, 4) is 0 Å². The fourth-order valence-corrected chi connectivity index (χ4v) is 2.43. The maximum atomic E-state index is 12.1. The smallest absolute Gasteiger partial charge is 0.270 e. The predicted molar refractivity (Wildman–Crippen MR) is 94.8 cm³/mol.